The zero-order valence-corrected chi connectivity index (χ0v) is 14.8. The molecule has 0 N–H and O–H groups in total. The van der Waals surface area contributed by atoms with Crippen LogP contribution in [0.4, 0.5) is 5.69 Å². The number of likely N-dealkylation sites (N-methyl/N-ethyl adjacent to an activating group) is 1. The minimum Gasteiger partial charge on any atom is -0.476 e. The van der Waals surface area contributed by atoms with Crippen molar-refractivity contribution in [3.63, 3.8) is 0 Å². The smallest absolute Gasteiger partial charge is 0.265 e. The first-order valence-electron chi connectivity index (χ1n) is 8.14. The second kappa shape index (κ2) is 6.60. The molecule has 1 atom stereocenters. The van der Waals surface area contributed by atoms with Crippen LogP contribution in [0.15, 0.2) is 24.3 Å². The van der Waals surface area contributed by atoms with Crippen LogP contribution in [0.2, 0.25) is 0 Å². The van der Waals surface area contributed by atoms with Crippen molar-refractivity contribution in [2.45, 2.75) is 13.0 Å². The van der Waals surface area contributed by atoms with E-state index in [2.05, 4.69) is 11.8 Å². The first-order chi connectivity index (χ1) is 11.4. The van der Waals surface area contributed by atoms with Crippen molar-refractivity contribution >= 4 is 21.6 Å². The first kappa shape index (κ1) is 17.0. The van der Waals surface area contributed by atoms with Gasteiger partial charge in [-0.15, -0.1) is 0 Å². The third-order valence-electron chi connectivity index (χ3n) is 4.54. The van der Waals surface area contributed by atoms with E-state index in [1.807, 2.05) is 0 Å². The Labute approximate surface area is 142 Å². The van der Waals surface area contributed by atoms with E-state index in [0.717, 1.165) is 25.9 Å². The van der Waals surface area contributed by atoms with E-state index in [1.165, 1.54) is 4.31 Å². The summed E-state index contributed by atoms with van der Waals surface area (Å²) in [6.45, 7) is 6.05. The number of rotatable bonds is 3. The lowest BCUT2D eigenvalue weighted by Crippen LogP contribution is -2.56. The second-order valence-electron chi connectivity index (χ2n) is 6.13. The van der Waals surface area contributed by atoms with Gasteiger partial charge in [0, 0.05) is 26.2 Å². The molecule has 8 heteroatoms. The molecule has 0 saturated carbocycles. The van der Waals surface area contributed by atoms with E-state index < -0.39 is 16.1 Å². The molecule has 132 valence electrons. The number of piperazine rings is 1. The van der Waals surface area contributed by atoms with Gasteiger partial charge < -0.3 is 14.5 Å². The molecule has 0 bridgehead atoms. The molecule has 2 heterocycles. The van der Waals surface area contributed by atoms with Crippen LogP contribution in [0.3, 0.4) is 0 Å². The quantitative estimate of drug-likeness (QED) is 0.786. The van der Waals surface area contributed by atoms with E-state index >= 15 is 0 Å². The summed E-state index contributed by atoms with van der Waals surface area (Å²) in [5.74, 6) is 0.286. The molecule has 1 fully saturated rings. The Morgan fingerprint density at radius 2 is 1.88 bits per heavy atom. The van der Waals surface area contributed by atoms with Crippen molar-refractivity contribution in [1.82, 2.24) is 9.80 Å². The van der Waals surface area contributed by atoms with E-state index in [0.29, 0.717) is 24.5 Å². The lowest BCUT2D eigenvalue weighted by molar-refractivity contribution is -0.140. The zero-order chi connectivity index (χ0) is 17.3. The van der Waals surface area contributed by atoms with Gasteiger partial charge >= 0.3 is 0 Å². The second-order valence-corrected chi connectivity index (χ2v) is 8.03. The van der Waals surface area contributed by atoms with E-state index in [9.17, 15) is 13.2 Å². The maximum atomic E-state index is 12.8. The Balaban J connectivity index is 1.79. The van der Waals surface area contributed by atoms with Crippen LogP contribution < -0.4 is 9.04 Å². The van der Waals surface area contributed by atoms with Crippen molar-refractivity contribution < 1.29 is 17.9 Å². The lowest BCUT2D eigenvalue weighted by Gasteiger charge is -2.39. The summed E-state index contributed by atoms with van der Waals surface area (Å²) in [5, 5.41) is 0. The van der Waals surface area contributed by atoms with Crippen LogP contribution in [-0.4, -0.2) is 75.8 Å². The monoisotopic (exact) mass is 353 g/mol. The molecule has 1 unspecified atom stereocenters. The van der Waals surface area contributed by atoms with Gasteiger partial charge in [0.25, 0.3) is 5.91 Å². The molecular formula is C16H23N3O4S. The molecule has 1 saturated heterocycles. The fourth-order valence-electron chi connectivity index (χ4n) is 3.13. The number of carbonyl (C=O) groups is 1. The van der Waals surface area contributed by atoms with Gasteiger partial charge in [0.15, 0.2) is 6.10 Å². The molecule has 7 nitrogen and oxygen atoms in total. The molecule has 1 aromatic rings. The molecule has 2 aliphatic heterocycles. The van der Waals surface area contributed by atoms with Crippen LogP contribution in [-0.2, 0) is 14.8 Å². The average Bonchev–Trinajstić information content (AvgIpc) is 2.59. The number of hydrogen-bond donors (Lipinski definition) is 0. The van der Waals surface area contributed by atoms with Gasteiger partial charge in [0.1, 0.15) is 5.75 Å². The third-order valence-corrected chi connectivity index (χ3v) is 5.69. The molecule has 0 spiro atoms. The molecule has 3 rings (SSSR count). The van der Waals surface area contributed by atoms with Gasteiger partial charge in [-0.1, -0.05) is 19.1 Å². The average molecular weight is 353 g/mol. The van der Waals surface area contributed by atoms with Crippen LogP contribution >= 0.6 is 0 Å². The van der Waals surface area contributed by atoms with Crippen molar-refractivity contribution in [2.24, 2.45) is 0 Å². The summed E-state index contributed by atoms with van der Waals surface area (Å²) in [6.07, 6.45) is 0.346. The molecule has 0 aromatic heterocycles. The number of anilines is 1. The fraction of sp³-hybridized carbons (Fsp3) is 0.562. The Hall–Kier alpha value is -1.80. The number of nitrogens with zero attached hydrogens (tertiary/aromatic N) is 3. The molecule has 1 aromatic carbocycles. The van der Waals surface area contributed by atoms with Crippen molar-refractivity contribution in [1.29, 1.82) is 0 Å². The summed E-state index contributed by atoms with van der Waals surface area (Å²) in [5.41, 5.74) is 0.486. The molecule has 24 heavy (non-hydrogen) atoms. The Kier molecular flexibility index (Phi) is 4.69. The molecule has 0 aliphatic carbocycles. The highest BCUT2D eigenvalue weighted by molar-refractivity contribution is 7.92. The van der Waals surface area contributed by atoms with Crippen molar-refractivity contribution in [2.75, 3.05) is 49.8 Å². The normalized spacial score (nSPS) is 22.0. The fourth-order valence-corrected chi connectivity index (χ4v) is 4.05. The van der Waals surface area contributed by atoms with Gasteiger partial charge in [-0.3, -0.25) is 9.10 Å². The highest BCUT2D eigenvalue weighted by atomic mass is 32.2. The number of para-hydroxylation sites is 2. The van der Waals surface area contributed by atoms with Gasteiger partial charge in [-0.05, 0) is 18.7 Å². The predicted octanol–water partition coefficient (Wildman–Crippen LogP) is 0.378. The molecule has 2 aliphatic rings. The van der Waals surface area contributed by atoms with Crippen molar-refractivity contribution in [3.05, 3.63) is 24.3 Å². The maximum Gasteiger partial charge on any atom is 0.265 e. The van der Waals surface area contributed by atoms with Crippen LogP contribution in [0, 0.1) is 0 Å². The van der Waals surface area contributed by atoms with Crippen molar-refractivity contribution in [3.8, 4) is 5.75 Å². The summed E-state index contributed by atoms with van der Waals surface area (Å²) < 4.78 is 31.3. The lowest BCUT2D eigenvalue weighted by atomic mass is 10.2. The van der Waals surface area contributed by atoms with Gasteiger partial charge in [-0.25, -0.2) is 8.42 Å². The number of carbonyl (C=O) groups excluding carboxylic acids is 1. The van der Waals surface area contributed by atoms with Gasteiger partial charge in [0.2, 0.25) is 10.0 Å². The highest BCUT2D eigenvalue weighted by Gasteiger charge is 2.37. The minimum atomic E-state index is -3.47. The van der Waals surface area contributed by atoms with Crippen LogP contribution in [0.25, 0.3) is 0 Å². The van der Waals surface area contributed by atoms with Crippen LogP contribution in [0.5, 0.6) is 5.75 Å². The number of amides is 1. The summed E-state index contributed by atoms with van der Waals surface area (Å²) in [6, 6.07) is 6.91. The molecule has 1 amide bonds. The predicted molar refractivity (Wildman–Crippen MR) is 91.7 cm³/mol. The number of benzene rings is 1. The Morgan fingerprint density at radius 1 is 1.21 bits per heavy atom. The summed E-state index contributed by atoms with van der Waals surface area (Å²) >= 11 is 0. The number of hydrogen-bond acceptors (Lipinski definition) is 5. The number of ether oxygens (including phenoxy) is 1. The summed E-state index contributed by atoms with van der Waals surface area (Å²) in [7, 11) is -3.47. The van der Waals surface area contributed by atoms with Gasteiger partial charge in [-0.2, -0.15) is 0 Å². The molecular weight excluding hydrogens is 330 g/mol. The molecule has 0 radical (unpaired) electrons. The van der Waals surface area contributed by atoms with E-state index in [-0.39, 0.29) is 12.5 Å². The summed E-state index contributed by atoms with van der Waals surface area (Å²) in [4.78, 5) is 16.8. The SMILES string of the molecule is CCN1CCN(C(=O)C2CN(S(C)(=O)=O)c3ccccc3O2)CC1. The van der Waals surface area contributed by atoms with E-state index in [1.54, 1.807) is 29.2 Å². The topological polar surface area (TPSA) is 70.2 Å². The number of fused-ring (bicyclic) bond motifs is 1. The minimum absolute atomic E-state index is 0.0165. The maximum absolute atomic E-state index is 12.8. The third kappa shape index (κ3) is 3.34. The largest absolute Gasteiger partial charge is 0.476 e. The number of sulfonamides is 1. The Morgan fingerprint density at radius 3 is 2.50 bits per heavy atom. The van der Waals surface area contributed by atoms with E-state index in [4.69, 9.17) is 4.74 Å². The Bertz CT molecular complexity index is 714. The highest BCUT2D eigenvalue weighted by Crippen LogP contribution is 2.34. The zero-order valence-electron chi connectivity index (χ0n) is 14.0. The van der Waals surface area contributed by atoms with Crippen LogP contribution in [0.1, 0.15) is 6.92 Å². The first-order valence-corrected chi connectivity index (χ1v) is 9.99. The van der Waals surface area contributed by atoms with Gasteiger partial charge in [0.05, 0.1) is 18.5 Å². The standard InChI is InChI=1S/C16H23N3O4S/c1-3-17-8-10-18(11-9-17)16(20)15-12-19(24(2,21)22)13-6-4-5-7-14(13)23-15/h4-7,15H,3,8-12H2,1-2H3.